The van der Waals surface area contributed by atoms with Crippen LogP contribution in [-0.4, -0.2) is 20.4 Å². The van der Waals surface area contributed by atoms with Gasteiger partial charge in [-0.1, -0.05) is 27.7 Å². The fourth-order valence-electron chi connectivity index (χ4n) is 0.196. The average molecular weight is 186 g/mol. The van der Waals surface area contributed by atoms with Crippen molar-refractivity contribution in [3.63, 3.8) is 0 Å². The second-order valence-corrected chi connectivity index (χ2v) is 3.88. The lowest BCUT2D eigenvalue weighted by molar-refractivity contribution is 0.368. The topological polar surface area (TPSA) is 60.7 Å². The van der Waals surface area contributed by atoms with E-state index in [9.17, 15) is 0 Å². The SMILES string of the molecule is C1=CSSC1.OP(O)O. The summed E-state index contributed by atoms with van der Waals surface area (Å²) in [6.07, 6.45) is 2.16. The van der Waals surface area contributed by atoms with Gasteiger partial charge in [0.25, 0.3) is 0 Å². The largest absolute Gasteiger partial charge is 0.328 e. The number of hydrogen-bond acceptors (Lipinski definition) is 5. The van der Waals surface area contributed by atoms with Gasteiger partial charge in [-0.2, -0.15) is 0 Å². The molecule has 0 atom stereocenters. The highest BCUT2D eigenvalue weighted by atomic mass is 33.1. The molecular formula is C3H7O3PS2. The first-order valence-electron chi connectivity index (χ1n) is 2.03. The predicted octanol–water partition coefficient (Wildman–Crippen LogP) is 1.09. The molecule has 6 heteroatoms. The van der Waals surface area contributed by atoms with E-state index in [0.717, 1.165) is 0 Å². The summed E-state index contributed by atoms with van der Waals surface area (Å²) in [5.41, 5.74) is 0. The second kappa shape index (κ2) is 6.86. The summed E-state index contributed by atoms with van der Waals surface area (Å²) >= 11 is 0. The quantitative estimate of drug-likeness (QED) is 0.390. The van der Waals surface area contributed by atoms with Gasteiger partial charge in [-0.3, -0.25) is 0 Å². The molecule has 0 saturated heterocycles. The van der Waals surface area contributed by atoms with Gasteiger partial charge in [0.15, 0.2) is 0 Å². The minimum Gasteiger partial charge on any atom is -0.328 e. The summed E-state index contributed by atoms with van der Waals surface area (Å²) in [6, 6.07) is 0. The zero-order valence-corrected chi connectivity index (χ0v) is 6.99. The molecule has 9 heavy (non-hydrogen) atoms. The van der Waals surface area contributed by atoms with Gasteiger partial charge >= 0.3 is 8.60 Å². The molecule has 3 N–H and O–H groups in total. The number of rotatable bonds is 0. The molecule has 0 amide bonds. The molecule has 0 aliphatic carbocycles. The number of hydrogen-bond donors (Lipinski definition) is 3. The van der Waals surface area contributed by atoms with Gasteiger partial charge in [-0.05, 0) is 5.41 Å². The van der Waals surface area contributed by atoms with E-state index in [2.05, 4.69) is 11.5 Å². The van der Waals surface area contributed by atoms with Gasteiger partial charge in [0.05, 0.1) is 0 Å². The lowest BCUT2D eigenvalue weighted by Crippen LogP contribution is -1.54. The van der Waals surface area contributed by atoms with Gasteiger partial charge in [0, 0.05) is 5.75 Å². The van der Waals surface area contributed by atoms with Crippen LogP contribution in [0.5, 0.6) is 0 Å². The molecule has 0 bridgehead atoms. The molecule has 54 valence electrons. The van der Waals surface area contributed by atoms with Crippen LogP contribution in [0.2, 0.25) is 0 Å². The summed E-state index contributed by atoms with van der Waals surface area (Å²) in [6.45, 7) is 0. The van der Waals surface area contributed by atoms with E-state index >= 15 is 0 Å². The van der Waals surface area contributed by atoms with Crippen molar-refractivity contribution in [2.24, 2.45) is 0 Å². The zero-order valence-electron chi connectivity index (χ0n) is 4.47. The van der Waals surface area contributed by atoms with Crippen LogP contribution in [0.15, 0.2) is 11.5 Å². The molecule has 1 aliphatic heterocycles. The highest BCUT2D eigenvalue weighted by Gasteiger charge is 1.85. The molecule has 0 unspecified atom stereocenters. The summed E-state index contributed by atoms with van der Waals surface area (Å²) < 4.78 is 0. The van der Waals surface area contributed by atoms with Crippen molar-refractivity contribution in [3.05, 3.63) is 11.5 Å². The molecule has 1 rings (SSSR count). The Labute approximate surface area is 62.6 Å². The van der Waals surface area contributed by atoms with E-state index in [1.165, 1.54) is 5.75 Å². The molecule has 0 aromatic rings. The first-order chi connectivity index (χ1) is 4.23. The van der Waals surface area contributed by atoms with Crippen molar-refractivity contribution >= 4 is 30.2 Å². The third kappa shape index (κ3) is 12.1. The van der Waals surface area contributed by atoms with Gasteiger partial charge in [0.1, 0.15) is 0 Å². The molecule has 3 nitrogen and oxygen atoms in total. The van der Waals surface area contributed by atoms with Gasteiger partial charge in [-0.15, -0.1) is 0 Å². The molecule has 0 spiro atoms. The highest BCUT2D eigenvalue weighted by molar-refractivity contribution is 8.78. The Bertz CT molecular complexity index is 78.4. The van der Waals surface area contributed by atoms with Crippen molar-refractivity contribution in [3.8, 4) is 0 Å². The van der Waals surface area contributed by atoms with Crippen LogP contribution in [0.4, 0.5) is 0 Å². The molecule has 1 aliphatic rings. The Morgan fingerprint density at radius 3 is 2.00 bits per heavy atom. The third-order valence-electron chi connectivity index (χ3n) is 0.384. The monoisotopic (exact) mass is 186 g/mol. The Morgan fingerprint density at radius 1 is 1.33 bits per heavy atom. The Balaban J connectivity index is 0.000000148. The highest BCUT2D eigenvalue weighted by Crippen LogP contribution is 2.27. The van der Waals surface area contributed by atoms with Crippen molar-refractivity contribution in [1.29, 1.82) is 0 Å². The van der Waals surface area contributed by atoms with Crippen LogP contribution in [0, 0.1) is 0 Å². The Kier molecular flexibility index (Phi) is 7.44. The van der Waals surface area contributed by atoms with Gasteiger partial charge < -0.3 is 14.7 Å². The van der Waals surface area contributed by atoms with E-state index in [1.807, 2.05) is 21.6 Å². The minimum atomic E-state index is -2.62. The normalized spacial score (nSPS) is 15.6. The maximum absolute atomic E-state index is 7.23. The average Bonchev–Trinajstić information content (AvgIpc) is 2.11. The smallest absolute Gasteiger partial charge is 0.324 e. The Morgan fingerprint density at radius 2 is 1.89 bits per heavy atom. The van der Waals surface area contributed by atoms with E-state index in [1.54, 1.807) is 0 Å². The second-order valence-electron chi connectivity index (χ2n) is 1.02. The van der Waals surface area contributed by atoms with Crippen LogP contribution >= 0.6 is 30.2 Å². The van der Waals surface area contributed by atoms with E-state index < -0.39 is 8.60 Å². The van der Waals surface area contributed by atoms with E-state index in [4.69, 9.17) is 14.7 Å². The molecule has 0 aromatic heterocycles. The maximum atomic E-state index is 7.23. The summed E-state index contributed by atoms with van der Waals surface area (Å²) in [5, 5.41) is 2.12. The standard InChI is InChI=1S/C3H4S2.H3O3P/c1-2-4-5-3-1;1-4(2)3/h1-2H,3H2;1-3H. The van der Waals surface area contributed by atoms with Crippen molar-refractivity contribution in [2.75, 3.05) is 5.75 Å². The molecule has 0 radical (unpaired) electrons. The molecule has 0 aromatic carbocycles. The maximum Gasteiger partial charge on any atom is 0.324 e. The Hall–Kier alpha value is 0.750. The first-order valence-corrected chi connectivity index (χ1v) is 5.61. The summed E-state index contributed by atoms with van der Waals surface area (Å²) in [5.74, 6) is 1.20. The van der Waals surface area contributed by atoms with Crippen LogP contribution in [0.25, 0.3) is 0 Å². The summed E-state index contributed by atoms with van der Waals surface area (Å²) in [4.78, 5) is 21.7. The van der Waals surface area contributed by atoms with E-state index in [-0.39, 0.29) is 0 Å². The van der Waals surface area contributed by atoms with E-state index in [0.29, 0.717) is 0 Å². The summed E-state index contributed by atoms with van der Waals surface area (Å²) in [7, 11) is 1.07. The van der Waals surface area contributed by atoms with Crippen molar-refractivity contribution in [1.82, 2.24) is 0 Å². The van der Waals surface area contributed by atoms with Crippen LogP contribution in [0.1, 0.15) is 0 Å². The molecule has 1 heterocycles. The lowest BCUT2D eigenvalue weighted by Gasteiger charge is -1.76. The third-order valence-corrected chi connectivity index (χ3v) is 2.30. The van der Waals surface area contributed by atoms with Crippen molar-refractivity contribution in [2.45, 2.75) is 0 Å². The molecular weight excluding hydrogens is 179 g/mol. The van der Waals surface area contributed by atoms with Crippen LogP contribution in [0.3, 0.4) is 0 Å². The van der Waals surface area contributed by atoms with Crippen LogP contribution < -0.4 is 0 Å². The molecule has 0 fully saturated rings. The molecule has 0 saturated carbocycles. The van der Waals surface area contributed by atoms with Crippen molar-refractivity contribution < 1.29 is 14.7 Å². The predicted molar refractivity (Wildman–Crippen MR) is 42.8 cm³/mol. The fourth-order valence-corrected chi connectivity index (χ4v) is 1.77. The van der Waals surface area contributed by atoms with Gasteiger partial charge in [-0.25, -0.2) is 0 Å². The zero-order chi connectivity index (χ0) is 7.11. The van der Waals surface area contributed by atoms with Gasteiger partial charge in [0.2, 0.25) is 0 Å². The lowest BCUT2D eigenvalue weighted by atomic mass is 10.8. The fraction of sp³-hybridized carbons (Fsp3) is 0.333. The van der Waals surface area contributed by atoms with Crippen LogP contribution in [-0.2, 0) is 0 Å². The first kappa shape index (κ1) is 9.75. The minimum absolute atomic E-state index is 1.20.